The molecule has 1 radical (unpaired) electrons. The van der Waals surface area contributed by atoms with Crippen molar-refractivity contribution in [3.63, 3.8) is 0 Å². The van der Waals surface area contributed by atoms with Crippen molar-refractivity contribution in [2.24, 2.45) is 0 Å². The SMILES string of the molecule is [NH]C1OCCNC1F. The predicted octanol–water partition coefficient (Wildman–Crippen LogP) is -0.489. The van der Waals surface area contributed by atoms with Crippen molar-refractivity contribution in [2.75, 3.05) is 13.2 Å². The summed E-state index contributed by atoms with van der Waals surface area (Å²) in [5.74, 6) is 0. The zero-order valence-corrected chi connectivity index (χ0v) is 4.36. The number of nitrogens with one attached hydrogen (secondary N) is 2. The van der Waals surface area contributed by atoms with Gasteiger partial charge in [0, 0.05) is 6.54 Å². The summed E-state index contributed by atoms with van der Waals surface area (Å²) in [7, 11) is 0. The molecule has 2 atom stereocenters. The molecule has 1 rings (SSSR count). The van der Waals surface area contributed by atoms with E-state index in [1.165, 1.54) is 0 Å². The molecule has 2 N–H and O–H groups in total. The van der Waals surface area contributed by atoms with Gasteiger partial charge in [0.15, 0.2) is 12.5 Å². The van der Waals surface area contributed by atoms with Crippen LogP contribution in [0.4, 0.5) is 4.39 Å². The molecule has 1 aliphatic rings. The Labute approximate surface area is 47.0 Å². The Morgan fingerprint density at radius 2 is 2.50 bits per heavy atom. The number of hydrogen-bond donors (Lipinski definition) is 1. The van der Waals surface area contributed by atoms with Gasteiger partial charge in [-0.3, -0.25) is 5.32 Å². The monoisotopic (exact) mass is 119 g/mol. The molecule has 4 heteroatoms. The van der Waals surface area contributed by atoms with Crippen molar-refractivity contribution in [2.45, 2.75) is 12.5 Å². The number of halogens is 1. The highest BCUT2D eigenvalue weighted by molar-refractivity contribution is 4.64. The topological polar surface area (TPSA) is 45.1 Å². The van der Waals surface area contributed by atoms with Crippen LogP contribution in [0.2, 0.25) is 0 Å². The highest BCUT2D eigenvalue weighted by atomic mass is 19.1. The maximum atomic E-state index is 12.2. The summed E-state index contributed by atoms with van der Waals surface area (Å²) >= 11 is 0. The summed E-state index contributed by atoms with van der Waals surface area (Å²) in [6, 6.07) is 0. The minimum atomic E-state index is -1.30. The molecule has 1 aliphatic heterocycles. The first-order chi connectivity index (χ1) is 3.80. The quantitative estimate of drug-likeness (QED) is 0.437. The minimum absolute atomic E-state index is 0.439. The lowest BCUT2D eigenvalue weighted by molar-refractivity contribution is -0.0470. The lowest BCUT2D eigenvalue weighted by atomic mass is 10.4. The van der Waals surface area contributed by atoms with Crippen LogP contribution in [0, 0.1) is 0 Å². The van der Waals surface area contributed by atoms with Gasteiger partial charge in [0.25, 0.3) is 0 Å². The maximum Gasteiger partial charge on any atom is 0.192 e. The highest BCUT2D eigenvalue weighted by Gasteiger charge is 2.20. The van der Waals surface area contributed by atoms with Gasteiger partial charge in [-0.1, -0.05) is 0 Å². The molecule has 2 unspecified atom stereocenters. The van der Waals surface area contributed by atoms with E-state index >= 15 is 0 Å². The van der Waals surface area contributed by atoms with E-state index in [-0.39, 0.29) is 0 Å². The standard InChI is InChI=1S/C4H8FN2O/c5-3-4(6)8-2-1-7-3/h3-4,6-7H,1-2H2. The van der Waals surface area contributed by atoms with E-state index in [2.05, 4.69) is 10.1 Å². The average Bonchev–Trinajstić information content (AvgIpc) is 1.77. The smallest absolute Gasteiger partial charge is 0.192 e. The van der Waals surface area contributed by atoms with Crippen molar-refractivity contribution in [1.82, 2.24) is 11.1 Å². The highest BCUT2D eigenvalue weighted by Crippen LogP contribution is 1.99. The maximum absolute atomic E-state index is 12.2. The number of rotatable bonds is 0. The van der Waals surface area contributed by atoms with E-state index in [9.17, 15) is 4.39 Å². The third-order valence-corrected chi connectivity index (χ3v) is 1.00. The summed E-state index contributed by atoms with van der Waals surface area (Å²) in [5.41, 5.74) is 6.82. The number of ether oxygens (including phenoxy) is 1. The molecule has 1 fully saturated rings. The van der Waals surface area contributed by atoms with Crippen LogP contribution in [0.5, 0.6) is 0 Å². The van der Waals surface area contributed by atoms with Crippen LogP contribution >= 0.6 is 0 Å². The van der Waals surface area contributed by atoms with Crippen molar-refractivity contribution in [3.05, 3.63) is 0 Å². The predicted molar refractivity (Wildman–Crippen MR) is 25.7 cm³/mol. The third kappa shape index (κ3) is 1.15. The van der Waals surface area contributed by atoms with Crippen LogP contribution in [0.15, 0.2) is 0 Å². The van der Waals surface area contributed by atoms with Gasteiger partial charge in [0.2, 0.25) is 0 Å². The molecule has 0 aromatic carbocycles. The van der Waals surface area contributed by atoms with E-state index in [1.807, 2.05) is 0 Å². The molecular weight excluding hydrogens is 111 g/mol. The largest absolute Gasteiger partial charge is 0.356 e. The first-order valence-corrected chi connectivity index (χ1v) is 2.51. The molecule has 3 nitrogen and oxygen atoms in total. The lowest BCUT2D eigenvalue weighted by Gasteiger charge is -2.22. The van der Waals surface area contributed by atoms with Gasteiger partial charge >= 0.3 is 0 Å². The van der Waals surface area contributed by atoms with Crippen molar-refractivity contribution in [3.8, 4) is 0 Å². The second-order valence-electron chi connectivity index (χ2n) is 1.65. The lowest BCUT2D eigenvalue weighted by Crippen LogP contribution is -2.46. The molecule has 1 heterocycles. The second-order valence-corrected chi connectivity index (χ2v) is 1.65. The molecular formula is C4H8FN2O. The van der Waals surface area contributed by atoms with E-state index < -0.39 is 12.5 Å². The zero-order valence-electron chi connectivity index (χ0n) is 4.36. The first kappa shape index (κ1) is 5.94. The normalized spacial score (nSPS) is 39.8. The fourth-order valence-electron chi connectivity index (χ4n) is 0.574. The fourth-order valence-corrected chi connectivity index (χ4v) is 0.574. The van der Waals surface area contributed by atoms with Crippen LogP contribution in [-0.4, -0.2) is 25.7 Å². The third-order valence-electron chi connectivity index (χ3n) is 1.00. The summed E-state index contributed by atoms with van der Waals surface area (Å²) in [6.07, 6.45) is -2.33. The Balaban J connectivity index is 2.28. The van der Waals surface area contributed by atoms with Crippen molar-refractivity contribution < 1.29 is 9.13 Å². The number of hydrogen-bond acceptors (Lipinski definition) is 2. The van der Waals surface area contributed by atoms with E-state index in [1.54, 1.807) is 0 Å². The van der Waals surface area contributed by atoms with Gasteiger partial charge in [-0.15, -0.1) is 0 Å². The van der Waals surface area contributed by atoms with Crippen LogP contribution in [0.3, 0.4) is 0 Å². The molecule has 1 saturated heterocycles. The van der Waals surface area contributed by atoms with Crippen LogP contribution in [0.1, 0.15) is 0 Å². The van der Waals surface area contributed by atoms with E-state index in [0.717, 1.165) is 0 Å². The molecule has 0 bridgehead atoms. The number of alkyl halides is 1. The average molecular weight is 119 g/mol. The summed E-state index contributed by atoms with van der Waals surface area (Å²) in [5, 5.41) is 2.45. The van der Waals surface area contributed by atoms with Gasteiger partial charge in [0.1, 0.15) is 0 Å². The van der Waals surface area contributed by atoms with Gasteiger partial charge < -0.3 is 4.74 Å². The van der Waals surface area contributed by atoms with Gasteiger partial charge in [0.05, 0.1) is 6.61 Å². The fraction of sp³-hybridized carbons (Fsp3) is 1.00. The Bertz CT molecular complexity index is 70.4. The Kier molecular flexibility index (Phi) is 1.77. The van der Waals surface area contributed by atoms with Gasteiger partial charge in [-0.2, -0.15) is 0 Å². The zero-order chi connectivity index (χ0) is 5.98. The van der Waals surface area contributed by atoms with E-state index in [0.29, 0.717) is 13.2 Å². The number of morpholine rings is 1. The van der Waals surface area contributed by atoms with Crippen LogP contribution in [-0.2, 0) is 4.74 Å². The first-order valence-electron chi connectivity index (χ1n) is 2.51. The molecule has 47 valence electrons. The van der Waals surface area contributed by atoms with Crippen LogP contribution in [0.25, 0.3) is 0 Å². The molecule has 0 aromatic heterocycles. The Morgan fingerprint density at radius 1 is 1.75 bits per heavy atom. The van der Waals surface area contributed by atoms with Crippen molar-refractivity contribution in [1.29, 1.82) is 0 Å². The minimum Gasteiger partial charge on any atom is -0.356 e. The molecule has 0 aromatic rings. The summed E-state index contributed by atoms with van der Waals surface area (Å²) in [4.78, 5) is 0. The van der Waals surface area contributed by atoms with Crippen molar-refractivity contribution >= 4 is 0 Å². The summed E-state index contributed by atoms with van der Waals surface area (Å²) < 4.78 is 16.8. The Hall–Kier alpha value is -0.190. The summed E-state index contributed by atoms with van der Waals surface area (Å²) in [6.45, 7) is 0.950. The second kappa shape index (κ2) is 2.39. The molecule has 0 amide bonds. The molecule has 0 aliphatic carbocycles. The molecule has 0 saturated carbocycles. The van der Waals surface area contributed by atoms with Gasteiger partial charge in [-0.25, -0.2) is 10.1 Å². The van der Waals surface area contributed by atoms with Gasteiger partial charge in [-0.05, 0) is 0 Å². The van der Waals surface area contributed by atoms with Crippen LogP contribution < -0.4 is 11.1 Å². The molecule has 0 spiro atoms. The Morgan fingerprint density at radius 3 is 2.88 bits per heavy atom. The molecule has 8 heavy (non-hydrogen) atoms. The van der Waals surface area contributed by atoms with E-state index in [4.69, 9.17) is 5.73 Å².